The fourth-order valence-corrected chi connectivity index (χ4v) is 6.54. The molecule has 1 unspecified atom stereocenters. The molecule has 6 nitrogen and oxygen atoms in total. The van der Waals surface area contributed by atoms with E-state index in [2.05, 4.69) is 118 Å². The van der Waals surface area contributed by atoms with Gasteiger partial charge in [-0.3, -0.25) is 14.4 Å². The summed E-state index contributed by atoms with van der Waals surface area (Å²) in [6.07, 6.45) is 68.0. The SMILES string of the molecule is CC/C=C/C=C/C=C/CCCCCCCC(=O)OC(COC(=O)CC/C=C/C/C=C/CCCCCCCC)COC(=O)CCCCCCCC/C=C/C/C=C/C/C=C/C/C=C/CC. The molecule has 0 fully saturated rings. The molecule has 0 heterocycles. The number of hydrogen-bond donors (Lipinski definition) is 0. The van der Waals surface area contributed by atoms with Crippen molar-refractivity contribution >= 4 is 17.9 Å². The molecule has 0 saturated heterocycles. The van der Waals surface area contributed by atoms with Gasteiger partial charge >= 0.3 is 17.9 Å². The van der Waals surface area contributed by atoms with Gasteiger partial charge in [-0.1, -0.05) is 207 Å². The predicted molar refractivity (Wildman–Crippen MR) is 270 cm³/mol. The maximum atomic E-state index is 12.8. The summed E-state index contributed by atoms with van der Waals surface area (Å²) in [6.45, 7) is 6.28. The molecular formula is C57H92O6. The summed E-state index contributed by atoms with van der Waals surface area (Å²) in [5.74, 6) is -1.02. The Hall–Kier alpha value is -3.93. The third-order valence-electron chi connectivity index (χ3n) is 10.3. The third kappa shape index (κ3) is 49.0. The predicted octanol–water partition coefficient (Wildman–Crippen LogP) is 16.8. The van der Waals surface area contributed by atoms with E-state index in [-0.39, 0.29) is 44.0 Å². The minimum Gasteiger partial charge on any atom is -0.462 e. The van der Waals surface area contributed by atoms with Crippen molar-refractivity contribution in [1.29, 1.82) is 0 Å². The topological polar surface area (TPSA) is 78.9 Å². The number of rotatable bonds is 44. The summed E-state index contributed by atoms with van der Waals surface area (Å²) in [5.41, 5.74) is 0. The first-order valence-electron chi connectivity index (χ1n) is 25.4. The lowest BCUT2D eigenvalue weighted by molar-refractivity contribution is -0.166. The lowest BCUT2D eigenvalue weighted by Crippen LogP contribution is -2.30. The average Bonchev–Trinajstić information content (AvgIpc) is 3.28. The Kier molecular flexibility index (Phi) is 47.5. The van der Waals surface area contributed by atoms with Crippen LogP contribution in [-0.4, -0.2) is 37.2 Å². The van der Waals surface area contributed by atoms with Gasteiger partial charge in [0.05, 0.1) is 0 Å². The van der Waals surface area contributed by atoms with Crippen molar-refractivity contribution in [2.75, 3.05) is 13.2 Å². The molecule has 0 aromatic rings. The molecule has 0 N–H and O–H groups in total. The van der Waals surface area contributed by atoms with E-state index in [1.165, 1.54) is 51.4 Å². The van der Waals surface area contributed by atoms with Gasteiger partial charge in [0.2, 0.25) is 0 Å². The molecule has 0 rings (SSSR count). The van der Waals surface area contributed by atoms with Gasteiger partial charge in [-0.2, -0.15) is 0 Å². The highest BCUT2D eigenvalue weighted by atomic mass is 16.6. The first kappa shape index (κ1) is 59.1. The molecule has 6 heteroatoms. The molecule has 356 valence electrons. The molecule has 0 aromatic carbocycles. The van der Waals surface area contributed by atoms with Crippen molar-refractivity contribution in [3.05, 3.63) is 109 Å². The minimum atomic E-state index is -0.818. The van der Waals surface area contributed by atoms with Gasteiger partial charge in [-0.25, -0.2) is 0 Å². The lowest BCUT2D eigenvalue weighted by Gasteiger charge is -2.18. The highest BCUT2D eigenvalue weighted by Gasteiger charge is 2.19. The molecule has 1 atom stereocenters. The van der Waals surface area contributed by atoms with E-state index in [1.807, 2.05) is 12.2 Å². The van der Waals surface area contributed by atoms with Gasteiger partial charge in [-0.15, -0.1) is 0 Å². The summed E-state index contributed by atoms with van der Waals surface area (Å²) in [7, 11) is 0. The molecule has 0 aliphatic heterocycles. The van der Waals surface area contributed by atoms with E-state index in [0.717, 1.165) is 116 Å². The maximum absolute atomic E-state index is 12.8. The van der Waals surface area contributed by atoms with Crippen molar-refractivity contribution in [2.24, 2.45) is 0 Å². The Morgan fingerprint density at radius 3 is 1.24 bits per heavy atom. The molecule has 0 aromatic heterocycles. The number of allylic oxidation sites excluding steroid dienone is 18. The van der Waals surface area contributed by atoms with E-state index in [4.69, 9.17) is 14.2 Å². The molecule has 0 bridgehead atoms. The quantitative estimate of drug-likeness (QED) is 0.0199. The van der Waals surface area contributed by atoms with Crippen LogP contribution in [0.5, 0.6) is 0 Å². The lowest BCUT2D eigenvalue weighted by atomic mass is 10.1. The van der Waals surface area contributed by atoms with E-state index in [9.17, 15) is 14.4 Å². The number of carbonyl (C=O) groups excluding carboxylic acids is 3. The van der Waals surface area contributed by atoms with Gasteiger partial charge in [0.15, 0.2) is 6.10 Å². The summed E-state index contributed by atoms with van der Waals surface area (Å²) in [6, 6.07) is 0. The van der Waals surface area contributed by atoms with Crippen LogP contribution in [0.2, 0.25) is 0 Å². The van der Waals surface area contributed by atoms with Gasteiger partial charge in [-0.05, 0) is 96.3 Å². The summed E-state index contributed by atoms with van der Waals surface area (Å²) >= 11 is 0. The van der Waals surface area contributed by atoms with Crippen molar-refractivity contribution in [1.82, 2.24) is 0 Å². The minimum absolute atomic E-state index is 0.113. The largest absolute Gasteiger partial charge is 0.462 e. The van der Waals surface area contributed by atoms with E-state index in [1.54, 1.807) is 0 Å². The summed E-state index contributed by atoms with van der Waals surface area (Å²) in [5, 5.41) is 0. The molecule has 63 heavy (non-hydrogen) atoms. The van der Waals surface area contributed by atoms with Crippen LogP contribution in [-0.2, 0) is 28.6 Å². The first-order chi connectivity index (χ1) is 31.0. The summed E-state index contributed by atoms with van der Waals surface area (Å²) < 4.78 is 16.7. The molecule has 0 spiro atoms. The molecule has 0 aliphatic carbocycles. The van der Waals surface area contributed by atoms with Crippen LogP contribution < -0.4 is 0 Å². The average molecular weight is 873 g/mol. The Morgan fingerprint density at radius 2 is 0.730 bits per heavy atom. The smallest absolute Gasteiger partial charge is 0.306 e. The Balaban J connectivity index is 4.48. The van der Waals surface area contributed by atoms with Crippen LogP contribution >= 0.6 is 0 Å². The van der Waals surface area contributed by atoms with Crippen molar-refractivity contribution in [2.45, 2.75) is 219 Å². The number of hydrogen-bond acceptors (Lipinski definition) is 6. The normalized spacial score (nSPS) is 13.0. The monoisotopic (exact) mass is 873 g/mol. The number of esters is 3. The Bertz CT molecular complexity index is 1330. The zero-order chi connectivity index (χ0) is 45.8. The second-order valence-electron chi connectivity index (χ2n) is 16.4. The Morgan fingerprint density at radius 1 is 0.349 bits per heavy atom. The highest BCUT2D eigenvalue weighted by molar-refractivity contribution is 5.71. The molecule has 0 aliphatic rings. The standard InChI is InChI=1S/C57H92O6/c1-4-7-10-13-16-19-22-25-26-27-28-29-30-33-35-38-41-44-47-50-56(59)62-53-54(63-57(60)51-48-45-42-39-36-32-24-21-18-15-12-9-6-3)52-61-55(58)49-46-43-40-37-34-31-23-20-17-14-11-8-5-2/h7,9-10,12,15-16,18-19,21,24-26,28-29,31,34,40,43,54H,4-6,8,11,13-14,17,20,22-23,27,30,32-33,35-39,41-42,44-53H2,1-3H3/b10-7+,12-9+,18-15+,19-16+,24-21+,26-25+,29-28+,34-31+,43-40+. The van der Waals surface area contributed by atoms with Crippen LogP contribution in [0.3, 0.4) is 0 Å². The van der Waals surface area contributed by atoms with Crippen LogP contribution in [0.4, 0.5) is 0 Å². The van der Waals surface area contributed by atoms with E-state index >= 15 is 0 Å². The fourth-order valence-electron chi connectivity index (χ4n) is 6.54. The second-order valence-corrected chi connectivity index (χ2v) is 16.4. The third-order valence-corrected chi connectivity index (χ3v) is 10.3. The molecule has 0 amide bonds. The zero-order valence-corrected chi connectivity index (χ0v) is 40.5. The fraction of sp³-hybridized carbons (Fsp3) is 0.632. The zero-order valence-electron chi connectivity index (χ0n) is 40.5. The Labute approximate surface area is 387 Å². The second kappa shape index (κ2) is 50.7. The van der Waals surface area contributed by atoms with Crippen LogP contribution in [0.15, 0.2) is 109 Å². The van der Waals surface area contributed by atoms with Crippen LogP contribution in [0.25, 0.3) is 0 Å². The van der Waals surface area contributed by atoms with Crippen LogP contribution in [0, 0.1) is 0 Å². The van der Waals surface area contributed by atoms with Gasteiger partial charge < -0.3 is 14.2 Å². The maximum Gasteiger partial charge on any atom is 0.306 e. The number of unbranched alkanes of at least 4 members (excludes halogenated alkanes) is 17. The highest BCUT2D eigenvalue weighted by Crippen LogP contribution is 2.13. The first-order valence-corrected chi connectivity index (χ1v) is 25.4. The summed E-state index contributed by atoms with van der Waals surface area (Å²) in [4.78, 5) is 37.9. The van der Waals surface area contributed by atoms with E-state index < -0.39 is 6.10 Å². The van der Waals surface area contributed by atoms with Crippen molar-refractivity contribution in [3.8, 4) is 0 Å². The van der Waals surface area contributed by atoms with Crippen LogP contribution in [0.1, 0.15) is 213 Å². The van der Waals surface area contributed by atoms with E-state index in [0.29, 0.717) is 12.8 Å². The van der Waals surface area contributed by atoms with Gasteiger partial charge in [0, 0.05) is 19.3 Å². The molecular weight excluding hydrogens is 781 g/mol. The van der Waals surface area contributed by atoms with Crippen molar-refractivity contribution in [3.63, 3.8) is 0 Å². The van der Waals surface area contributed by atoms with Gasteiger partial charge in [0.25, 0.3) is 0 Å². The van der Waals surface area contributed by atoms with Gasteiger partial charge in [0.1, 0.15) is 13.2 Å². The number of ether oxygens (including phenoxy) is 3. The number of carbonyl (C=O) groups is 3. The van der Waals surface area contributed by atoms with Crippen molar-refractivity contribution < 1.29 is 28.6 Å². The molecule has 0 radical (unpaired) electrons. The molecule has 0 saturated carbocycles.